The van der Waals surface area contributed by atoms with Crippen molar-refractivity contribution in [3.05, 3.63) is 65.2 Å². The van der Waals surface area contributed by atoms with Gasteiger partial charge in [-0.2, -0.15) is 0 Å². The smallest absolute Gasteiger partial charge is 0.130 e. The van der Waals surface area contributed by atoms with Crippen LogP contribution >= 0.6 is 0 Å². The van der Waals surface area contributed by atoms with E-state index in [9.17, 15) is 9.90 Å². The van der Waals surface area contributed by atoms with E-state index in [0.29, 0.717) is 12.8 Å². The van der Waals surface area contributed by atoms with Crippen LogP contribution in [0.25, 0.3) is 0 Å². The van der Waals surface area contributed by atoms with Crippen molar-refractivity contribution in [3.8, 4) is 0 Å². The first-order chi connectivity index (χ1) is 12.7. The first-order valence-electron chi connectivity index (χ1n) is 9.49. The number of rotatable bonds is 5. The first kappa shape index (κ1) is 17.3. The number of piperidine rings is 1. The highest BCUT2D eigenvalue weighted by atomic mass is 16.3. The molecule has 26 heavy (non-hydrogen) atoms. The molecule has 0 aromatic heterocycles. The van der Waals surface area contributed by atoms with Gasteiger partial charge in [0.05, 0.1) is 11.5 Å². The molecule has 1 saturated heterocycles. The molecule has 0 bridgehead atoms. The molecule has 2 aliphatic rings. The van der Waals surface area contributed by atoms with Crippen LogP contribution in [0.5, 0.6) is 0 Å². The summed E-state index contributed by atoms with van der Waals surface area (Å²) in [6, 6.07) is 16.5. The fourth-order valence-corrected chi connectivity index (χ4v) is 4.28. The van der Waals surface area contributed by atoms with Crippen LogP contribution in [0.1, 0.15) is 35.4 Å². The summed E-state index contributed by atoms with van der Waals surface area (Å²) in [7, 11) is 0. The molecule has 1 atom stereocenters. The predicted octanol–water partition coefficient (Wildman–Crippen LogP) is 2.96. The van der Waals surface area contributed by atoms with Crippen molar-refractivity contribution in [2.75, 3.05) is 25.0 Å². The third-order valence-electron chi connectivity index (χ3n) is 5.88. The molecule has 2 aromatic carbocycles. The maximum Gasteiger partial charge on any atom is 0.130 e. The van der Waals surface area contributed by atoms with Crippen LogP contribution in [0.2, 0.25) is 0 Å². The molecule has 2 aliphatic heterocycles. The number of fused-ring (bicyclic) bond motifs is 1. The van der Waals surface area contributed by atoms with E-state index in [-0.39, 0.29) is 0 Å². The molecular weight excluding hydrogens is 324 g/mol. The standard InChI is InChI=1S/C22H26N2O2/c25-16-20(18-6-7-21-19(14-18)8-11-23-21)22(26)9-12-24(13-10-22)15-17-4-2-1-3-5-17/h1-7,14,16,20,23,26H,8-13,15H2. The minimum absolute atomic E-state index is 0.452. The number of hydrogen-bond donors (Lipinski definition) is 2. The minimum Gasteiger partial charge on any atom is -0.389 e. The molecule has 4 rings (SSSR count). The topological polar surface area (TPSA) is 52.6 Å². The van der Waals surface area contributed by atoms with Gasteiger partial charge in [0.25, 0.3) is 0 Å². The summed E-state index contributed by atoms with van der Waals surface area (Å²) in [4.78, 5) is 14.3. The van der Waals surface area contributed by atoms with Gasteiger partial charge >= 0.3 is 0 Å². The highest BCUT2D eigenvalue weighted by Gasteiger charge is 2.40. The van der Waals surface area contributed by atoms with Crippen LogP contribution in [0.3, 0.4) is 0 Å². The number of aliphatic hydroxyl groups is 1. The van der Waals surface area contributed by atoms with Crippen LogP contribution in [0.15, 0.2) is 48.5 Å². The zero-order valence-corrected chi connectivity index (χ0v) is 15.0. The van der Waals surface area contributed by atoms with Crippen molar-refractivity contribution in [1.82, 2.24) is 4.90 Å². The molecule has 0 amide bonds. The van der Waals surface area contributed by atoms with Crippen LogP contribution in [0, 0.1) is 0 Å². The fraction of sp³-hybridized carbons (Fsp3) is 0.409. The Labute approximate surface area is 154 Å². The Balaban J connectivity index is 1.45. The minimum atomic E-state index is -0.949. The quantitative estimate of drug-likeness (QED) is 0.814. The second-order valence-electron chi connectivity index (χ2n) is 7.57. The van der Waals surface area contributed by atoms with E-state index in [1.807, 2.05) is 18.2 Å². The van der Waals surface area contributed by atoms with Crippen molar-refractivity contribution in [3.63, 3.8) is 0 Å². The van der Waals surface area contributed by atoms with E-state index >= 15 is 0 Å². The number of benzene rings is 2. The lowest BCUT2D eigenvalue weighted by Crippen LogP contribution is -2.48. The first-order valence-corrected chi connectivity index (χ1v) is 9.49. The molecule has 136 valence electrons. The van der Waals surface area contributed by atoms with E-state index in [2.05, 4.69) is 40.5 Å². The zero-order chi connectivity index (χ0) is 18.0. The maximum atomic E-state index is 11.9. The summed E-state index contributed by atoms with van der Waals surface area (Å²) in [5.41, 5.74) is 3.69. The van der Waals surface area contributed by atoms with E-state index in [0.717, 1.165) is 50.1 Å². The van der Waals surface area contributed by atoms with Gasteiger partial charge in [0.15, 0.2) is 0 Å². The van der Waals surface area contributed by atoms with Crippen molar-refractivity contribution in [2.45, 2.75) is 37.3 Å². The third-order valence-corrected chi connectivity index (χ3v) is 5.88. The van der Waals surface area contributed by atoms with Crippen LogP contribution in [-0.4, -0.2) is 41.5 Å². The number of anilines is 1. The van der Waals surface area contributed by atoms with Gasteiger partial charge in [-0.15, -0.1) is 0 Å². The Bertz CT molecular complexity index is 767. The van der Waals surface area contributed by atoms with E-state index in [1.165, 1.54) is 11.1 Å². The number of hydrogen-bond acceptors (Lipinski definition) is 4. The highest BCUT2D eigenvalue weighted by Crippen LogP contribution is 2.37. The van der Waals surface area contributed by atoms with Crippen molar-refractivity contribution >= 4 is 12.0 Å². The second-order valence-corrected chi connectivity index (χ2v) is 7.57. The highest BCUT2D eigenvalue weighted by molar-refractivity contribution is 5.67. The number of carbonyl (C=O) groups excluding carboxylic acids is 1. The lowest BCUT2D eigenvalue weighted by molar-refractivity contribution is -0.118. The predicted molar refractivity (Wildman–Crippen MR) is 103 cm³/mol. The molecule has 2 N–H and O–H groups in total. The molecule has 4 heteroatoms. The summed E-state index contributed by atoms with van der Waals surface area (Å²) in [6.45, 7) is 3.46. The lowest BCUT2D eigenvalue weighted by Gasteiger charge is -2.41. The number of nitrogens with one attached hydrogen (secondary N) is 1. The Hall–Kier alpha value is -2.17. The summed E-state index contributed by atoms with van der Waals surface area (Å²) in [6.07, 6.45) is 3.17. The third kappa shape index (κ3) is 3.39. The van der Waals surface area contributed by atoms with Crippen molar-refractivity contribution in [2.24, 2.45) is 0 Å². The summed E-state index contributed by atoms with van der Waals surface area (Å²) < 4.78 is 0. The SMILES string of the molecule is O=CC(c1ccc2c(c1)CCN2)C1(O)CCN(Cc2ccccc2)CC1. The monoisotopic (exact) mass is 350 g/mol. The molecule has 0 saturated carbocycles. The normalized spacial score (nSPS) is 20.2. The Kier molecular flexibility index (Phi) is 4.79. The van der Waals surface area contributed by atoms with Gasteiger partial charge in [-0.05, 0) is 42.0 Å². The van der Waals surface area contributed by atoms with Gasteiger partial charge in [0, 0.05) is 31.9 Å². The van der Waals surface area contributed by atoms with Gasteiger partial charge in [0.1, 0.15) is 6.29 Å². The molecule has 1 unspecified atom stereocenters. The number of likely N-dealkylation sites (tertiary alicyclic amines) is 1. The Morgan fingerprint density at radius 1 is 1.15 bits per heavy atom. The van der Waals surface area contributed by atoms with Gasteiger partial charge < -0.3 is 15.2 Å². The average Bonchev–Trinajstić information content (AvgIpc) is 3.13. The number of nitrogens with zero attached hydrogens (tertiary/aromatic N) is 1. The fourth-order valence-electron chi connectivity index (χ4n) is 4.28. The van der Waals surface area contributed by atoms with Crippen LogP contribution < -0.4 is 5.32 Å². The molecule has 0 aliphatic carbocycles. The van der Waals surface area contributed by atoms with Gasteiger partial charge in [0.2, 0.25) is 0 Å². The van der Waals surface area contributed by atoms with Gasteiger partial charge in [-0.1, -0.05) is 42.5 Å². The largest absolute Gasteiger partial charge is 0.389 e. The lowest BCUT2D eigenvalue weighted by atomic mass is 9.76. The van der Waals surface area contributed by atoms with Gasteiger partial charge in [-0.3, -0.25) is 4.90 Å². The number of aldehydes is 1. The van der Waals surface area contributed by atoms with Crippen LogP contribution in [-0.2, 0) is 17.8 Å². The van der Waals surface area contributed by atoms with Crippen LogP contribution in [0.4, 0.5) is 5.69 Å². The van der Waals surface area contributed by atoms with Crippen molar-refractivity contribution in [1.29, 1.82) is 0 Å². The van der Waals surface area contributed by atoms with E-state index in [4.69, 9.17) is 0 Å². The maximum absolute atomic E-state index is 11.9. The van der Waals surface area contributed by atoms with Gasteiger partial charge in [-0.25, -0.2) is 0 Å². The average molecular weight is 350 g/mol. The number of carbonyl (C=O) groups is 1. The molecule has 2 heterocycles. The summed E-state index contributed by atoms with van der Waals surface area (Å²) in [5, 5.41) is 14.6. The second kappa shape index (κ2) is 7.22. The van der Waals surface area contributed by atoms with E-state index in [1.54, 1.807) is 0 Å². The molecule has 2 aromatic rings. The Morgan fingerprint density at radius 2 is 1.92 bits per heavy atom. The molecular formula is C22H26N2O2. The zero-order valence-electron chi connectivity index (χ0n) is 15.0. The molecule has 0 radical (unpaired) electrons. The summed E-state index contributed by atoms with van der Waals surface area (Å²) >= 11 is 0. The Morgan fingerprint density at radius 3 is 2.65 bits per heavy atom. The molecule has 4 nitrogen and oxygen atoms in total. The van der Waals surface area contributed by atoms with E-state index < -0.39 is 11.5 Å². The van der Waals surface area contributed by atoms with Crippen molar-refractivity contribution < 1.29 is 9.90 Å². The molecule has 1 fully saturated rings. The summed E-state index contributed by atoms with van der Waals surface area (Å²) in [5.74, 6) is -0.452. The molecule has 0 spiro atoms.